The molecule has 1 saturated heterocycles. The van der Waals surface area contributed by atoms with Crippen molar-refractivity contribution in [1.82, 2.24) is 5.32 Å². The van der Waals surface area contributed by atoms with Crippen molar-refractivity contribution in [2.75, 3.05) is 13.1 Å². The molecule has 0 aromatic carbocycles. The van der Waals surface area contributed by atoms with Crippen LogP contribution in [-0.4, -0.2) is 19.2 Å². The van der Waals surface area contributed by atoms with Gasteiger partial charge in [0.2, 0.25) is 11.2 Å². The predicted molar refractivity (Wildman–Crippen MR) is 56.2 cm³/mol. The van der Waals surface area contributed by atoms with Crippen LogP contribution >= 0.6 is 0 Å². The number of hydrogen-bond acceptors (Lipinski definition) is 4. The van der Waals surface area contributed by atoms with Crippen molar-refractivity contribution in [3.63, 3.8) is 0 Å². The molecular formula is C11H15NO3. The number of rotatable bonds is 2. The highest BCUT2D eigenvalue weighted by molar-refractivity contribution is 5.17. The van der Waals surface area contributed by atoms with Gasteiger partial charge in [0, 0.05) is 6.07 Å². The van der Waals surface area contributed by atoms with Gasteiger partial charge in [0.15, 0.2) is 0 Å². The van der Waals surface area contributed by atoms with Gasteiger partial charge in [0.1, 0.15) is 18.1 Å². The fourth-order valence-corrected chi connectivity index (χ4v) is 1.67. The lowest BCUT2D eigenvalue weighted by Crippen LogP contribution is -2.34. The van der Waals surface area contributed by atoms with E-state index in [1.165, 1.54) is 12.3 Å². The molecule has 0 spiro atoms. The smallest absolute Gasteiger partial charge is 0.226 e. The van der Waals surface area contributed by atoms with E-state index in [2.05, 4.69) is 5.32 Å². The van der Waals surface area contributed by atoms with Crippen molar-refractivity contribution in [3.8, 4) is 5.75 Å². The first kappa shape index (κ1) is 10.2. The zero-order valence-electron chi connectivity index (χ0n) is 8.79. The molecule has 2 rings (SSSR count). The maximum absolute atomic E-state index is 11.5. The fourth-order valence-electron chi connectivity index (χ4n) is 1.67. The molecule has 0 amide bonds. The van der Waals surface area contributed by atoms with E-state index in [0.29, 0.717) is 11.5 Å². The molecule has 82 valence electrons. The van der Waals surface area contributed by atoms with Gasteiger partial charge in [-0.15, -0.1) is 0 Å². The predicted octanol–water partition coefficient (Wildman–Crippen LogP) is 1.08. The van der Waals surface area contributed by atoms with Gasteiger partial charge >= 0.3 is 0 Å². The van der Waals surface area contributed by atoms with Crippen molar-refractivity contribution >= 4 is 0 Å². The number of hydrogen-bond donors (Lipinski definition) is 1. The van der Waals surface area contributed by atoms with Crippen LogP contribution in [0.15, 0.2) is 21.5 Å². The summed E-state index contributed by atoms with van der Waals surface area (Å²) < 4.78 is 10.7. The molecule has 15 heavy (non-hydrogen) atoms. The summed E-state index contributed by atoms with van der Waals surface area (Å²) in [7, 11) is 0. The molecule has 4 heteroatoms. The first-order chi connectivity index (χ1) is 7.25. The SMILES string of the molecule is Cc1cc(=O)c(OC2CCNCC2)co1. The zero-order chi connectivity index (χ0) is 10.7. The van der Waals surface area contributed by atoms with Crippen LogP contribution in [0, 0.1) is 6.92 Å². The van der Waals surface area contributed by atoms with Gasteiger partial charge in [-0.1, -0.05) is 0 Å². The van der Waals surface area contributed by atoms with Crippen LogP contribution in [0.2, 0.25) is 0 Å². The summed E-state index contributed by atoms with van der Waals surface area (Å²) >= 11 is 0. The summed E-state index contributed by atoms with van der Waals surface area (Å²) in [5.74, 6) is 0.935. The van der Waals surface area contributed by atoms with E-state index in [9.17, 15) is 4.79 Å². The van der Waals surface area contributed by atoms with Crippen LogP contribution in [0.1, 0.15) is 18.6 Å². The molecule has 2 heterocycles. The Morgan fingerprint density at radius 3 is 2.87 bits per heavy atom. The minimum atomic E-state index is -0.0997. The van der Waals surface area contributed by atoms with Gasteiger partial charge < -0.3 is 14.5 Å². The Bertz CT molecular complexity index is 380. The van der Waals surface area contributed by atoms with Crippen molar-refractivity contribution in [2.45, 2.75) is 25.9 Å². The second-order valence-electron chi connectivity index (χ2n) is 3.79. The molecule has 1 aromatic heterocycles. The molecule has 0 unspecified atom stereocenters. The van der Waals surface area contributed by atoms with Gasteiger partial charge in [-0.05, 0) is 32.9 Å². The van der Waals surface area contributed by atoms with Gasteiger partial charge in [0.05, 0.1) is 0 Å². The van der Waals surface area contributed by atoms with E-state index in [0.717, 1.165) is 25.9 Å². The lowest BCUT2D eigenvalue weighted by Gasteiger charge is -2.23. The highest BCUT2D eigenvalue weighted by Crippen LogP contribution is 2.12. The molecule has 1 N–H and O–H groups in total. The molecule has 1 aromatic rings. The average molecular weight is 209 g/mol. The summed E-state index contributed by atoms with van der Waals surface area (Å²) in [6.07, 6.45) is 3.41. The Balaban J connectivity index is 2.06. The molecule has 0 radical (unpaired) electrons. The molecule has 4 nitrogen and oxygen atoms in total. The molecule has 1 fully saturated rings. The van der Waals surface area contributed by atoms with Gasteiger partial charge in [0.25, 0.3) is 0 Å². The van der Waals surface area contributed by atoms with E-state index in [1.54, 1.807) is 6.92 Å². The molecule has 0 aliphatic carbocycles. The Kier molecular flexibility index (Phi) is 3.06. The summed E-state index contributed by atoms with van der Waals surface area (Å²) in [6, 6.07) is 1.45. The average Bonchev–Trinajstić information content (AvgIpc) is 2.24. The van der Waals surface area contributed by atoms with Crippen LogP contribution < -0.4 is 15.5 Å². The standard InChI is InChI=1S/C11H15NO3/c1-8-6-10(13)11(7-14-8)15-9-2-4-12-5-3-9/h6-7,9,12H,2-5H2,1H3. The Labute approximate surface area is 88.2 Å². The van der Waals surface area contributed by atoms with Gasteiger partial charge in [-0.2, -0.15) is 0 Å². The summed E-state index contributed by atoms with van der Waals surface area (Å²) in [5, 5.41) is 3.24. The quantitative estimate of drug-likeness (QED) is 0.791. The van der Waals surface area contributed by atoms with Crippen LogP contribution in [-0.2, 0) is 0 Å². The third-order valence-corrected chi connectivity index (χ3v) is 2.51. The minimum Gasteiger partial charge on any atom is -0.483 e. The third kappa shape index (κ3) is 2.59. The van der Waals surface area contributed by atoms with Crippen molar-refractivity contribution in [2.24, 2.45) is 0 Å². The highest BCUT2D eigenvalue weighted by atomic mass is 16.5. The van der Waals surface area contributed by atoms with Crippen molar-refractivity contribution in [1.29, 1.82) is 0 Å². The maximum atomic E-state index is 11.5. The molecule has 0 bridgehead atoms. The Hall–Kier alpha value is -1.29. The topological polar surface area (TPSA) is 51.5 Å². The second-order valence-corrected chi connectivity index (χ2v) is 3.79. The Morgan fingerprint density at radius 1 is 1.47 bits per heavy atom. The summed E-state index contributed by atoms with van der Waals surface area (Å²) in [5.41, 5.74) is -0.0997. The van der Waals surface area contributed by atoms with E-state index in [4.69, 9.17) is 9.15 Å². The lowest BCUT2D eigenvalue weighted by atomic mass is 10.1. The largest absolute Gasteiger partial charge is 0.483 e. The first-order valence-corrected chi connectivity index (χ1v) is 5.22. The second kappa shape index (κ2) is 4.49. The number of nitrogens with one attached hydrogen (secondary N) is 1. The summed E-state index contributed by atoms with van der Waals surface area (Å²) in [4.78, 5) is 11.5. The van der Waals surface area contributed by atoms with Crippen LogP contribution in [0.4, 0.5) is 0 Å². The molecule has 0 atom stereocenters. The monoisotopic (exact) mass is 209 g/mol. The highest BCUT2D eigenvalue weighted by Gasteiger charge is 2.16. The Morgan fingerprint density at radius 2 is 2.20 bits per heavy atom. The summed E-state index contributed by atoms with van der Waals surface area (Å²) in [6.45, 7) is 3.64. The molecule has 0 saturated carbocycles. The van der Waals surface area contributed by atoms with Gasteiger partial charge in [-0.3, -0.25) is 4.79 Å². The zero-order valence-corrected chi connectivity index (χ0v) is 8.79. The van der Waals surface area contributed by atoms with Crippen LogP contribution in [0.5, 0.6) is 5.75 Å². The van der Waals surface area contributed by atoms with Crippen LogP contribution in [0.25, 0.3) is 0 Å². The van der Waals surface area contributed by atoms with E-state index in [-0.39, 0.29) is 11.5 Å². The molecular weight excluding hydrogens is 194 g/mol. The van der Waals surface area contributed by atoms with E-state index >= 15 is 0 Å². The van der Waals surface area contributed by atoms with Crippen LogP contribution in [0.3, 0.4) is 0 Å². The van der Waals surface area contributed by atoms with Crippen molar-refractivity contribution < 1.29 is 9.15 Å². The van der Waals surface area contributed by atoms with Gasteiger partial charge in [-0.25, -0.2) is 0 Å². The third-order valence-electron chi connectivity index (χ3n) is 2.51. The number of piperidine rings is 1. The first-order valence-electron chi connectivity index (χ1n) is 5.22. The molecule has 1 aliphatic rings. The normalized spacial score (nSPS) is 17.7. The number of aryl methyl sites for hydroxylation is 1. The minimum absolute atomic E-state index is 0.0997. The fraction of sp³-hybridized carbons (Fsp3) is 0.545. The lowest BCUT2D eigenvalue weighted by molar-refractivity contribution is 0.156. The number of ether oxygens (including phenoxy) is 1. The van der Waals surface area contributed by atoms with Crippen molar-refractivity contribution in [3.05, 3.63) is 28.3 Å². The van der Waals surface area contributed by atoms with E-state index in [1.807, 2.05) is 0 Å². The van der Waals surface area contributed by atoms with E-state index < -0.39 is 0 Å². The maximum Gasteiger partial charge on any atom is 0.226 e. The molecule has 1 aliphatic heterocycles.